The second-order valence-corrected chi connectivity index (χ2v) is 3.71. The largest absolute Gasteiger partial charge is 0.458 e. The van der Waals surface area contributed by atoms with Crippen molar-refractivity contribution in [2.24, 2.45) is 5.92 Å². The van der Waals surface area contributed by atoms with Crippen LogP contribution < -0.4 is 0 Å². The Bertz CT molecular complexity index is 220. The van der Waals surface area contributed by atoms with Gasteiger partial charge in [-0.15, -0.1) is 0 Å². The molecule has 0 bridgehead atoms. The smallest absolute Gasteiger partial charge is 0.334 e. The summed E-state index contributed by atoms with van der Waals surface area (Å²) in [5.41, 5.74) is 0.710. The molecular formula is C10H14O2. The Morgan fingerprint density at radius 2 is 2.00 bits per heavy atom. The van der Waals surface area contributed by atoms with Crippen LogP contribution >= 0.6 is 0 Å². The summed E-state index contributed by atoms with van der Waals surface area (Å²) >= 11 is 0. The van der Waals surface area contributed by atoms with Gasteiger partial charge >= 0.3 is 5.97 Å². The predicted octanol–water partition coefficient (Wildman–Crippen LogP) is 2.05. The number of hydrogen-bond donors (Lipinski definition) is 0. The van der Waals surface area contributed by atoms with Gasteiger partial charge in [-0.25, -0.2) is 4.79 Å². The van der Waals surface area contributed by atoms with Gasteiger partial charge in [-0.1, -0.05) is 19.4 Å². The molecule has 1 aliphatic carbocycles. The van der Waals surface area contributed by atoms with Crippen LogP contribution in [-0.2, 0) is 9.53 Å². The molecule has 2 rings (SSSR count). The highest BCUT2D eigenvalue weighted by Gasteiger charge is 2.38. The molecule has 0 unspecified atom stereocenters. The highest BCUT2D eigenvalue weighted by Crippen LogP contribution is 2.36. The third-order valence-electron chi connectivity index (χ3n) is 2.92. The van der Waals surface area contributed by atoms with Crippen LogP contribution in [0.15, 0.2) is 12.2 Å². The number of rotatable bonds is 0. The van der Waals surface area contributed by atoms with E-state index in [1.807, 2.05) is 0 Å². The lowest BCUT2D eigenvalue weighted by Crippen LogP contribution is -2.14. The van der Waals surface area contributed by atoms with E-state index < -0.39 is 0 Å². The summed E-state index contributed by atoms with van der Waals surface area (Å²) in [4.78, 5) is 11.1. The van der Waals surface area contributed by atoms with Gasteiger partial charge in [0.05, 0.1) is 0 Å². The number of fused-ring (bicyclic) bond motifs is 1. The first-order chi connectivity index (χ1) is 5.79. The lowest BCUT2D eigenvalue weighted by Gasteiger charge is -2.12. The third-order valence-corrected chi connectivity index (χ3v) is 2.92. The summed E-state index contributed by atoms with van der Waals surface area (Å²) in [7, 11) is 0. The molecule has 66 valence electrons. The number of esters is 1. The minimum absolute atomic E-state index is 0.160. The van der Waals surface area contributed by atoms with Gasteiger partial charge in [-0.2, -0.15) is 0 Å². The minimum Gasteiger partial charge on any atom is -0.458 e. The maximum atomic E-state index is 11.1. The van der Waals surface area contributed by atoms with Gasteiger partial charge in [0.2, 0.25) is 0 Å². The van der Waals surface area contributed by atoms with Crippen LogP contribution in [0.25, 0.3) is 0 Å². The lowest BCUT2D eigenvalue weighted by molar-refractivity contribution is -0.139. The molecular weight excluding hydrogens is 152 g/mol. The van der Waals surface area contributed by atoms with E-state index in [4.69, 9.17) is 4.74 Å². The molecule has 1 aliphatic heterocycles. The quantitative estimate of drug-likeness (QED) is 0.406. The van der Waals surface area contributed by atoms with Crippen LogP contribution in [0.3, 0.4) is 0 Å². The van der Waals surface area contributed by atoms with Crippen molar-refractivity contribution in [1.29, 1.82) is 0 Å². The average molecular weight is 166 g/mol. The Balaban J connectivity index is 2.15. The highest BCUT2D eigenvalue weighted by atomic mass is 16.6. The molecule has 0 N–H and O–H groups in total. The van der Waals surface area contributed by atoms with Gasteiger partial charge in [0.1, 0.15) is 6.10 Å². The third kappa shape index (κ3) is 1.15. The fourth-order valence-electron chi connectivity index (χ4n) is 2.18. The first-order valence-corrected chi connectivity index (χ1v) is 4.69. The van der Waals surface area contributed by atoms with Crippen molar-refractivity contribution in [2.75, 3.05) is 0 Å². The zero-order valence-corrected chi connectivity index (χ0v) is 7.21. The van der Waals surface area contributed by atoms with E-state index >= 15 is 0 Å². The van der Waals surface area contributed by atoms with Crippen LogP contribution in [0.5, 0.6) is 0 Å². The lowest BCUT2D eigenvalue weighted by atomic mass is 9.93. The van der Waals surface area contributed by atoms with Gasteiger partial charge in [0.25, 0.3) is 0 Å². The van der Waals surface area contributed by atoms with Crippen LogP contribution in [0.2, 0.25) is 0 Å². The monoisotopic (exact) mass is 166 g/mol. The molecule has 2 aliphatic rings. The van der Waals surface area contributed by atoms with Crippen LogP contribution in [0.4, 0.5) is 0 Å². The van der Waals surface area contributed by atoms with Crippen molar-refractivity contribution in [3.8, 4) is 0 Å². The van der Waals surface area contributed by atoms with Crippen molar-refractivity contribution < 1.29 is 9.53 Å². The molecule has 0 spiro atoms. The van der Waals surface area contributed by atoms with Crippen LogP contribution in [0, 0.1) is 5.92 Å². The van der Waals surface area contributed by atoms with E-state index in [1.54, 1.807) is 0 Å². The van der Waals surface area contributed by atoms with Gasteiger partial charge < -0.3 is 4.74 Å². The summed E-state index contributed by atoms with van der Waals surface area (Å²) in [6, 6.07) is 0. The molecule has 0 aromatic carbocycles. The number of hydrogen-bond acceptors (Lipinski definition) is 2. The molecule has 2 atom stereocenters. The fraction of sp³-hybridized carbons (Fsp3) is 0.700. The van der Waals surface area contributed by atoms with Gasteiger partial charge in [-0.05, 0) is 19.3 Å². The number of ether oxygens (including phenoxy) is 1. The van der Waals surface area contributed by atoms with Crippen molar-refractivity contribution in [2.45, 2.75) is 38.2 Å². The molecule has 0 amide bonds. The van der Waals surface area contributed by atoms with Crippen molar-refractivity contribution in [3.63, 3.8) is 0 Å². The highest BCUT2D eigenvalue weighted by molar-refractivity contribution is 5.90. The Labute approximate surface area is 72.6 Å². The molecule has 2 heteroatoms. The van der Waals surface area contributed by atoms with Crippen LogP contribution in [-0.4, -0.2) is 12.1 Å². The first-order valence-electron chi connectivity index (χ1n) is 4.69. The Morgan fingerprint density at radius 1 is 1.25 bits per heavy atom. The van der Waals surface area contributed by atoms with E-state index in [0.717, 1.165) is 12.8 Å². The van der Waals surface area contributed by atoms with Crippen molar-refractivity contribution in [1.82, 2.24) is 0 Å². The number of carbonyl (C=O) groups is 1. The second-order valence-electron chi connectivity index (χ2n) is 3.71. The summed E-state index contributed by atoms with van der Waals surface area (Å²) in [5, 5.41) is 0. The molecule has 1 saturated heterocycles. The predicted molar refractivity (Wildman–Crippen MR) is 45.6 cm³/mol. The minimum atomic E-state index is -0.160. The SMILES string of the molecule is C=C1C(=O)O[C@@H]2CCCCC[C@@H]12. The van der Waals surface area contributed by atoms with E-state index in [0.29, 0.717) is 11.5 Å². The maximum Gasteiger partial charge on any atom is 0.334 e. The normalized spacial score (nSPS) is 35.7. The molecule has 12 heavy (non-hydrogen) atoms. The first kappa shape index (κ1) is 7.84. The van der Waals surface area contributed by atoms with E-state index in [-0.39, 0.29) is 12.1 Å². The van der Waals surface area contributed by atoms with Gasteiger partial charge in [0, 0.05) is 11.5 Å². The van der Waals surface area contributed by atoms with E-state index in [9.17, 15) is 4.79 Å². The molecule has 0 radical (unpaired) electrons. The Kier molecular flexibility index (Phi) is 1.91. The standard InChI is InChI=1S/C10H14O2/c1-7-8-5-3-2-4-6-9(8)12-10(7)11/h8-9H,1-6H2/t8-,9+/m0/s1. The summed E-state index contributed by atoms with van der Waals surface area (Å²) in [5.74, 6) is 0.173. The van der Waals surface area contributed by atoms with Gasteiger partial charge in [0.15, 0.2) is 0 Å². The Morgan fingerprint density at radius 3 is 2.83 bits per heavy atom. The number of carbonyl (C=O) groups excluding carboxylic acids is 1. The topological polar surface area (TPSA) is 26.3 Å². The molecule has 0 aromatic heterocycles. The Hall–Kier alpha value is -0.790. The van der Waals surface area contributed by atoms with E-state index in [2.05, 4.69) is 6.58 Å². The molecule has 1 heterocycles. The summed E-state index contributed by atoms with van der Waals surface area (Å²) in [6.45, 7) is 3.79. The van der Waals surface area contributed by atoms with Crippen LogP contribution in [0.1, 0.15) is 32.1 Å². The summed E-state index contributed by atoms with van der Waals surface area (Å²) < 4.78 is 5.22. The second kappa shape index (κ2) is 2.92. The molecule has 1 saturated carbocycles. The maximum absolute atomic E-state index is 11.1. The molecule has 2 nitrogen and oxygen atoms in total. The average Bonchev–Trinajstić information content (AvgIpc) is 2.30. The van der Waals surface area contributed by atoms with Gasteiger partial charge in [-0.3, -0.25) is 0 Å². The zero-order chi connectivity index (χ0) is 8.55. The van der Waals surface area contributed by atoms with E-state index in [1.165, 1.54) is 19.3 Å². The molecule has 0 aromatic rings. The summed E-state index contributed by atoms with van der Waals surface area (Å²) in [6.07, 6.45) is 5.98. The zero-order valence-electron chi connectivity index (χ0n) is 7.21. The fourth-order valence-corrected chi connectivity index (χ4v) is 2.18. The van der Waals surface area contributed by atoms with Crippen molar-refractivity contribution >= 4 is 5.97 Å². The van der Waals surface area contributed by atoms with Crippen molar-refractivity contribution in [3.05, 3.63) is 12.2 Å². The molecule has 2 fully saturated rings.